The van der Waals surface area contributed by atoms with Crippen molar-refractivity contribution in [2.75, 3.05) is 26.4 Å². The molecular weight excluding hydrogens is 422 g/mol. The van der Waals surface area contributed by atoms with Crippen LogP contribution in [0, 0.1) is 10.8 Å². The molecule has 0 bridgehead atoms. The molecule has 0 aliphatic heterocycles. The first-order valence-electron chi connectivity index (χ1n) is 10.1. The Bertz CT molecular complexity index is 479. The van der Waals surface area contributed by atoms with Gasteiger partial charge in [0, 0.05) is 13.2 Å². The van der Waals surface area contributed by atoms with E-state index < -0.39 is 15.6 Å². The summed E-state index contributed by atoms with van der Waals surface area (Å²) in [5, 5.41) is 0. The second-order valence-electron chi connectivity index (χ2n) is 9.00. The number of unbranched alkanes of at least 4 members (excludes halogenated alkanes) is 2. The van der Waals surface area contributed by atoms with Gasteiger partial charge in [0.25, 0.3) is 0 Å². The molecule has 176 valence electrons. The minimum Gasteiger partial charge on any atom is -0.381 e. The van der Waals surface area contributed by atoms with Crippen molar-refractivity contribution in [2.45, 2.75) is 79.1 Å². The predicted octanol–water partition coefficient (Wildman–Crippen LogP) is 4.39. The fourth-order valence-electron chi connectivity index (χ4n) is 2.85. The summed E-state index contributed by atoms with van der Waals surface area (Å²) in [6.45, 7) is 9.72. The van der Waals surface area contributed by atoms with E-state index in [4.69, 9.17) is 24.3 Å². The van der Waals surface area contributed by atoms with E-state index in [2.05, 4.69) is 36.7 Å². The molecule has 0 atom stereocenters. The van der Waals surface area contributed by atoms with E-state index in [1.165, 1.54) is 0 Å². The maximum absolute atomic E-state index is 10.7. The Morgan fingerprint density at radius 1 is 0.586 bits per heavy atom. The van der Waals surface area contributed by atoms with E-state index in [0.29, 0.717) is 26.1 Å². The average Bonchev–Trinajstić information content (AvgIpc) is 2.50. The van der Waals surface area contributed by atoms with E-state index in [9.17, 15) is 9.13 Å². The van der Waals surface area contributed by atoms with Crippen LogP contribution >= 0.6 is 15.6 Å². The van der Waals surface area contributed by atoms with Crippen LogP contribution in [-0.2, 0) is 22.9 Å². The van der Waals surface area contributed by atoms with Gasteiger partial charge >= 0.3 is 15.6 Å². The third kappa shape index (κ3) is 21.2. The predicted molar refractivity (Wildman–Crippen MR) is 111 cm³/mol. The topological polar surface area (TPSA) is 143 Å². The average molecular weight is 462 g/mol. The van der Waals surface area contributed by atoms with Gasteiger partial charge in [-0.05, 0) is 49.4 Å². The van der Waals surface area contributed by atoms with Gasteiger partial charge < -0.3 is 24.3 Å². The fraction of sp³-hybridized carbons (Fsp3) is 1.00. The smallest absolute Gasteiger partial charge is 0.381 e. The Labute approximate surface area is 175 Å². The maximum atomic E-state index is 10.7. The highest BCUT2D eigenvalue weighted by molar-refractivity contribution is 7.46. The quantitative estimate of drug-likeness (QED) is 0.172. The summed E-state index contributed by atoms with van der Waals surface area (Å²) < 4.78 is 36.0. The molecule has 0 heterocycles. The summed E-state index contributed by atoms with van der Waals surface area (Å²) >= 11 is 0. The summed E-state index contributed by atoms with van der Waals surface area (Å²) in [7, 11) is -8.77. The first-order chi connectivity index (χ1) is 13.1. The number of hydrogen-bond donors (Lipinski definition) is 4. The van der Waals surface area contributed by atoms with E-state index in [-0.39, 0.29) is 24.0 Å². The van der Waals surface area contributed by atoms with Crippen LogP contribution in [0.1, 0.15) is 79.1 Å². The summed E-state index contributed by atoms with van der Waals surface area (Å²) in [4.78, 5) is 34.8. The zero-order valence-corrected chi connectivity index (χ0v) is 20.0. The molecule has 0 aromatic carbocycles. The number of phosphoric ester groups is 2. The third-order valence-electron chi connectivity index (χ3n) is 4.86. The fourth-order valence-corrected chi connectivity index (χ4v) is 3.51. The Balaban J connectivity index is 3.65. The molecular formula is C18H40O9P2. The lowest BCUT2D eigenvalue weighted by molar-refractivity contribution is 0.116. The van der Waals surface area contributed by atoms with Crippen molar-refractivity contribution in [2.24, 2.45) is 10.8 Å². The highest BCUT2D eigenvalue weighted by atomic mass is 31.2. The second kappa shape index (κ2) is 13.6. The van der Waals surface area contributed by atoms with Crippen LogP contribution in [0.25, 0.3) is 0 Å². The molecule has 0 saturated heterocycles. The molecule has 29 heavy (non-hydrogen) atoms. The molecule has 0 rings (SSSR count). The lowest BCUT2D eigenvalue weighted by atomic mass is 9.84. The molecule has 0 unspecified atom stereocenters. The van der Waals surface area contributed by atoms with Crippen LogP contribution in [0.2, 0.25) is 0 Å². The molecule has 4 N–H and O–H groups in total. The monoisotopic (exact) mass is 462 g/mol. The number of rotatable bonds is 18. The van der Waals surface area contributed by atoms with Crippen molar-refractivity contribution >= 4 is 15.6 Å². The molecule has 0 saturated carbocycles. The lowest BCUT2D eigenvalue weighted by Crippen LogP contribution is -2.15. The van der Waals surface area contributed by atoms with Gasteiger partial charge in [-0.15, -0.1) is 0 Å². The molecule has 0 spiro atoms. The maximum Gasteiger partial charge on any atom is 0.469 e. The van der Waals surface area contributed by atoms with Crippen LogP contribution in [0.3, 0.4) is 0 Å². The van der Waals surface area contributed by atoms with Gasteiger partial charge in [-0.3, -0.25) is 9.05 Å². The molecule has 0 radical (unpaired) electrons. The Hall–Kier alpha value is 0.180. The van der Waals surface area contributed by atoms with E-state index in [0.717, 1.165) is 38.5 Å². The van der Waals surface area contributed by atoms with Crippen LogP contribution in [-0.4, -0.2) is 46.0 Å². The standard InChI is InChI=1S/C18H40O9P2/c1-17(2,11-15-26-28(19,20)21)9-5-7-13-25-14-8-6-10-18(3,4)12-16-27-29(22,23)24/h5-16H2,1-4H3,(H2,19,20,21)(H2,22,23,24). The van der Waals surface area contributed by atoms with Crippen molar-refractivity contribution in [3.8, 4) is 0 Å². The normalized spacial score (nSPS) is 13.8. The Kier molecular flexibility index (Phi) is 13.6. The highest BCUT2D eigenvalue weighted by Gasteiger charge is 2.21. The van der Waals surface area contributed by atoms with Gasteiger partial charge in [-0.2, -0.15) is 0 Å². The van der Waals surface area contributed by atoms with Crippen molar-refractivity contribution in [1.82, 2.24) is 0 Å². The van der Waals surface area contributed by atoms with Crippen molar-refractivity contribution in [1.29, 1.82) is 0 Å². The van der Waals surface area contributed by atoms with Crippen molar-refractivity contribution in [3.05, 3.63) is 0 Å². The Morgan fingerprint density at radius 3 is 1.24 bits per heavy atom. The van der Waals surface area contributed by atoms with Crippen LogP contribution in [0.15, 0.2) is 0 Å². The molecule has 0 aliphatic rings. The van der Waals surface area contributed by atoms with Crippen LogP contribution in [0.4, 0.5) is 0 Å². The zero-order valence-electron chi connectivity index (χ0n) is 18.2. The van der Waals surface area contributed by atoms with Gasteiger partial charge in [0.15, 0.2) is 0 Å². The first kappa shape index (κ1) is 29.2. The number of hydrogen-bond acceptors (Lipinski definition) is 5. The van der Waals surface area contributed by atoms with Gasteiger partial charge in [-0.25, -0.2) is 9.13 Å². The minimum atomic E-state index is -4.38. The molecule has 0 amide bonds. The molecule has 0 fully saturated rings. The first-order valence-corrected chi connectivity index (χ1v) is 13.2. The van der Waals surface area contributed by atoms with Gasteiger partial charge in [0.05, 0.1) is 13.2 Å². The second-order valence-corrected chi connectivity index (χ2v) is 11.5. The van der Waals surface area contributed by atoms with E-state index in [1.54, 1.807) is 0 Å². The van der Waals surface area contributed by atoms with E-state index >= 15 is 0 Å². The van der Waals surface area contributed by atoms with Crippen LogP contribution in [0.5, 0.6) is 0 Å². The summed E-state index contributed by atoms with van der Waals surface area (Å²) in [6, 6.07) is 0. The molecule has 0 aromatic heterocycles. The van der Waals surface area contributed by atoms with Gasteiger partial charge in [-0.1, -0.05) is 40.5 Å². The number of phosphoric acid groups is 2. The summed E-state index contributed by atoms with van der Waals surface area (Å²) in [6.07, 6.45) is 6.90. The minimum absolute atomic E-state index is 0.0374. The zero-order chi connectivity index (χ0) is 22.6. The third-order valence-corrected chi connectivity index (χ3v) is 5.90. The van der Waals surface area contributed by atoms with Crippen molar-refractivity contribution < 1.29 is 42.5 Å². The van der Waals surface area contributed by atoms with Crippen LogP contribution < -0.4 is 0 Å². The highest BCUT2D eigenvalue weighted by Crippen LogP contribution is 2.38. The summed E-state index contributed by atoms with van der Waals surface area (Å²) in [5.74, 6) is 0. The summed E-state index contributed by atoms with van der Waals surface area (Å²) in [5.41, 5.74) is -0.0749. The van der Waals surface area contributed by atoms with Gasteiger partial charge in [0.2, 0.25) is 0 Å². The lowest BCUT2D eigenvalue weighted by Gasteiger charge is -2.24. The number of ether oxygens (including phenoxy) is 1. The largest absolute Gasteiger partial charge is 0.469 e. The molecule has 0 aromatic rings. The SMILES string of the molecule is CC(C)(CCCCOCCCCC(C)(C)CCOP(=O)(O)O)CCOP(=O)(O)O. The molecule has 0 aliphatic carbocycles. The molecule has 11 heteroatoms. The molecule has 9 nitrogen and oxygen atoms in total. The Morgan fingerprint density at radius 2 is 0.931 bits per heavy atom. The van der Waals surface area contributed by atoms with Crippen molar-refractivity contribution in [3.63, 3.8) is 0 Å². The van der Waals surface area contributed by atoms with Gasteiger partial charge in [0.1, 0.15) is 0 Å². The van der Waals surface area contributed by atoms with E-state index in [1.807, 2.05) is 0 Å².